The molecule has 574 valence electrons. The van der Waals surface area contributed by atoms with Crippen LogP contribution in [-0.2, 0) is 49.3 Å². The Morgan fingerprint density at radius 1 is 0.179 bits per heavy atom. The van der Waals surface area contributed by atoms with E-state index in [9.17, 15) is 0 Å². The summed E-state index contributed by atoms with van der Waals surface area (Å²) in [5, 5.41) is 0. The highest BCUT2D eigenvalue weighted by Crippen LogP contribution is 2.30. The summed E-state index contributed by atoms with van der Waals surface area (Å²) < 4.78 is 15.5. The first kappa shape index (κ1) is 86.2. The fraction of sp³-hybridized carbons (Fsp3) is 0.267. The smallest absolute Gasteiger partial charge is 0.201 e. The number of aryl methyl sites for hydroxylation is 22. The van der Waals surface area contributed by atoms with Crippen LogP contribution in [0.25, 0.3) is 78.8 Å². The average Bonchev–Trinajstić information content (AvgIpc) is 0.893. The number of pyridine rings is 7. The van der Waals surface area contributed by atoms with Gasteiger partial charge in [-0.05, 0) is 250 Å². The SMILES string of the molecule is Cc1cc[n+](C)c(-c2cccc(C)c2C)c1.Cc1cc[n+](C)c(-c2cccc(C)c2C)c1.Cc1ccc(-c2cc(C)cc[n+]2C)c(C)c1.Cc1cccc(C)c1-c1cccc(C)[n+]1C.Cc1cccc(C)c1-c1cccc(C)[n+]1C.Cc1ccccc1-c1c(C)ccc(C)[n+]1C.Cc1ccccc1-c1c(C)ccc(C)[n+]1C. The summed E-state index contributed by atoms with van der Waals surface area (Å²) in [6, 6.07) is 84.3. The predicted molar refractivity (Wildman–Crippen MR) is 471 cm³/mol. The third-order valence-electron chi connectivity index (χ3n) is 22.2. The lowest BCUT2D eigenvalue weighted by Crippen LogP contribution is -2.35. The van der Waals surface area contributed by atoms with E-state index in [1.165, 1.54) is 196 Å². The monoisotopic (exact) mass is 1490 g/mol. The van der Waals surface area contributed by atoms with E-state index in [4.69, 9.17) is 0 Å². The lowest BCUT2D eigenvalue weighted by Gasteiger charge is -2.08. The molecule has 0 saturated heterocycles. The van der Waals surface area contributed by atoms with E-state index >= 15 is 0 Å². The number of rotatable bonds is 7. The number of aromatic nitrogens is 7. The van der Waals surface area contributed by atoms with Crippen LogP contribution >= 0.6 is 0 Å². The van der Waals surface area contributed by atoms with E-state index in [1.54, 1.807) is 0 Å². The minimum Gasteiger partial charge on any atom is -0.201 e. The summed E-state index contributed by atoms with van der Waals surface area (Å²) >= 11 is 0. The van der Waals surface area contributed by atoms with Gasteiger partial charge in [0.1, 0.15) is 49.3 Å². The Bertz CT molecular complexity index is 5300. The van der Waals surface area contributed by atoms with Gasteiger partial charge >= 0.3 is 0 Å². The molecule has 7 aromatic carbocycles. The summed E-state index contributed by atoms with van der Waals surface area (Å²) in [4.78, 5) is 0. The largest absolute Gasteiger partial charge is 0.215 e. The molecule has 0 aliphatic carbocycles. The molecule has 0 aliphatic rings. The van der Waals surface area contributed by atoms with Crippen molar-refractivity contribution in [1.29, 1.82) is 0 Å². The number of hydrogen-bond donors (Lipinski definition) is 0. The molecule has 14 aromatic rings. The molecule has 0 saturated carbocycles. The Kier molecular flexibility index (Phi) is 30.4. The van der Waals surface area contributed by atoms with E-state index < -0.39 is 0 Å². The normalized spacial score (nSPS) is 10.5. The molecule has 0 radical (unpaired) electrons. The number of benzene rings is 7. The molecule has 0 bridgehead atoms. The second-order valence-corrected chi connectivity index (χ2v) is 30.9. The van der Waals surface area contributed by atoms with Crippen LogP contribution in [0.4, 0.5) is 0 Å². The summed E-state index contributed by atoms with van der Waals surface area (Å²) in [7, 11) is 14.8. The minimum atomic E-state index is 1.28. The van der Waals surface area contributed by atoms with Crippen LogP contribution in [0.5, 0.6) is 0 Å². The first-order valence-electron chi connectivity index (χ1n) is 39.4. The van der Waals surface area contributed by atoms with Gasteiger partial charge in [0.15, 0.2) is 41.4 Å². The molecule has 7 heteroatoms. The molecule has 0 aliphatic heterocycles. The summed E-state index contributed by atoms with van der Waals surface area (Å²) in [6.45, 7) is 45.3. The standard InChI is InChI=1S/7C15H18N/c2*1-11-7-5-8-12(2)15(11)14-10-6-9-13(3)16(14)4;1-11-5-6-14(13(3)9-11)15-10-12(2)7-8-16(15)4;2*1-11-8-9-16(4)15(10-11)14-7-5-6-12(2)13(14)3;2*1-11-7-5-6-8-14(11)15-12(2)9-10-13(3)16(15)4/h7*5-10H,1-4H3/q7*+1. The number of nitrogens with zero attached hydrogens (tertiary/aromatic N) is 7. The zero-order valence-electron chi connectivity index (χ0n) is 72.9. The van der Waals surface area contributed by atoms with Crippen molar-refractivity contribution in [2.45, 2.75) is 145 Å². The van der Waals surface area contributed by atoms with Crippen molar-refractivity contribution in [3.05, 3.63) is 373 Å². The first-order chi connectivity index (χ1) is 53.2. The highest BCUT2D eigenvalue weighted by molar-refractivity contribution is 5.69. The molecular formula is C105H126N7+7. The molecule has 0 unspecified atom stereocenters. The van der Waals surface area contributed by atoms with Gasteiger partial charge in [-0.3, -0.25) is 0 Å². The third kappa shape index (κ3) is 21.6. The van der Waals surface area contributed by atoms with Crippen molar-refractivity contribution in [3.63, 3.8) is 0 Å². The maximum Gasteiger partial charge on any atom is 0.215 e. The zero-order valence-corrected chi connectivity index (χ0v) is 72.9. The van der Waals surface area contributed by atoms with Crippen LogP contribution in [0, 0.1) is 145 Å². The molecule has 0 atom stereocenters. The van der Waals surface area contributed by atoms with Gasteiger partial charge in [0.2, 0.25) is 39.9 Å². The van der Waals surface area contributed by atoms with Gasteiger partial charge in [0.25, 0.3) is 0 Å². The molecule has 7 heterocycles. The molecule has 7 aromatic heterocycles. The second-order valence-electron chi connectivity index (χ2n) is 30.9. The Labute approximate surface area is 673 Å². The van der Waals surface area contributed by atoms with Crippen LogP contribution in [0.2, 0.25) is 0 Å². The zero-order chi connectivity index (χ0) is 81.9. The molecule has 112 heavy (non-hydrogen) atoms. The maximum absolute atomic E-state index is 2.26. The van der Waals surface area contributed by atoms with Crippen LogP contribution in [0.15, 0.2) is 255 Å². The molecule has 7 nitrogen and oxygen atoms in total. The van der Waals surface area contributed by atoms with Crippen LogP contribution in [0.3, 0.4) is 0 Å². The summed E-state index contributed by atoms with van der Waals surface area (Å²) in [5.41, 5.74) is 46.1. The molecule has 0 N–H and O–H groups in total. The van der Waals surface area contributed by atoms with Gasteiger partial charge in [0.05, 0.1) is 11.1 Å². The van der Waals surface area contributed by atoms with Gasteiger partial charge in [-0.1, -0.05) is 115 Å². The van der Waals surface area contributed by atoms with Crippen molar-refractivity contribution < 1.29 is 32.0 Å². The van der Waals surface area contributed by atoms with Crippen LogP contribution in [0.1, 0.15) is 117 Å². The van der Waals surface area contributed by atoms with Crippen molar-refractivity contribution in [2.24, 2.45) is 49.3 Å². The molecular weight excluding hydrogens is 1360 g/mol. The van der Waals surface area contributed by atoms with Crippen molar-refractivity contribution in [3.8, 4) is 78.8 Å². The fourth-order valence-corrected chi connectivity index (χ4v) is 14.5. The van der Waals surface area contributed by atoms with Gasteiger partial charge in [-0.25, -0.2) is 13.7 Å². The van der Waals surface area contributed by atoms with Crippen molar-refractivity contribution in [1.82, 2.24) is 0 Å². The first-order valence-corrected chi connectivity index (χ1v) is 39.4. The Balaban J connectivity index is 0.000000164. The van der Waals surface area contributed by atoms with Crippen LogP contribution < -0.4 is 32.0 Å². The maximum atomic E-state index is 2.26. The second kappa shape index (κ2) is 39.5. The van der Waals surface area contributed by atoms with E-state index in [1.807, 2.05) is 0 Å². The topological polar surface area (TPSA) is 27.2 Å². The quantitative estimate of drug-likeness (QED) is 0.142. The third-order valence-corrected chi connectivity index (χ3v) is 22.2. The Hall–Kier alpha value is -11.4. The minimum absolute atomic E-state index is 1.28. The lowest BCUT2D eigenvalue weighted by molar-refractivity contribution is -0.667. The molecule has 0 amide bonds. The van der Waals surface area contributed by atoms with Crippen molar-refractivity contribution >= 4 is 0 Å². The Morgan fingerprint density at radius 2 is 0.464 bits per heavy atom. The molecule has 0 fully saturated rings. The predicted octanol–water partition coefficient (Wildman–Crippen LogP) is 21.7. The molecule has 14 rings (SSSR count). The van der Waals surface area contributed by atoms with Gasteiger partial charge in [-0.15, -0.1) is 0 Å². The van der Waals surface area contributed by atoms with Crippen molar-refractivity contribution in [2.75, 3.05) is 0 Å². The summed E-state index contributed by atoms with van der Waals surface area (Å²) in [6.07, 6.45) is 6.35. The molecule has 0 spiro atoms. The van der Waals surface area contributed by atoms with Gasteiger partial charge < -0.3 is 0 Å². The fourth-order valence-electron chi connectivity index (χ4n) is 14.5. The highest BCUT2D eigenvalue weighted by atomic mass is 15.0. The van der Waals surface area contributed by atoms with E-state index in [0.717, 1.165) is 0 Å². The highest BCUT2D eigenvalue weighted by Gasteiger charge is 2.22. The Morgan fingerprint density at radius 3 is 0.812 bits per heavy atom. The average molecular weight is 1490 g/mol. The number of hydrogen-bond acceptors (Lipinski definition) is 0. The van der Waals surface area contributed by atoms with E-state index in [-0.39, 0.29) is 0 Å². The summed E-state index contributed by atoms with van der Waals surface area (Å²) in [5.74, 6) is 0. The van der Waals surface area contributed by atoms with Gasteiger partial charge in [-0.2, -0.15) is 18.3 Å². The lowest BCUT2D eigenvalue weighted by atomic mass is 9.99. The van der Waals surface area contributed by atoms with Crippen LogP contribution in [-0.4, -0.2) is 0 Å². The van der Waals surface area contributed by atoms with Gasteiger partial charge in [0, 0.05) is 139 Å². The van der Waals surface area contributed by atoms with E-state index in [0.29, 0.717) is 0 Å². The van der Waals surface area contributed by atoms with E-state index in [2.05, 4.69) is 482 Å².